The van der Waals surface area contributed by atoms with Crippen LogP contribution in [0.4, 0.5) is 5.69 Å². The highest BCUT2D eigenvalue weighted by Gasteiger charge is 1.99. The van der Waals surface area contributed by atoms with E-state index in [4.69, 9.17) is 22.1 Å². The molecule has 0 saturated heterocycles. The van der Waals surface area contributed by atoms with Gasteiger partial charge in [-0.15, -0.1) is 0 Å². The fourth-order valence-corrected chi connectivity index (χ4v) is 0.916. The molecule has 3 nitrogen and oxygen atoms in total. The fraction of sp³-hybridized carbons (Fsp3) is 0. The molecule has 0 fully saturated rings. The number of rotatable bonds is 1. The molecular formula is C8H4ClN3. The molecule has 1 rings (SSSR count). The Kier molecular flexibility index (Phi) is 2.53. The van der Waals surface area contributed by atoms with Gasteiger partial charge in [-0.1, -0.05) is 11.6 Å². The van der Waals surface area contributed by atoms with Crippen molar-refractivity contribution in [3.63, 3.8) is 0 Å². The van der Waals surface area contributed by atoms with E-state index in [2.05, 4.69) is 5.32 Å². The molecule has 0 unspecified atom stereocenters. The molecule has 0 amide bonds. The van der Waals surface area contributed by atoms with Crippen LogP contribution in [0.2, 0.25) is 5.02 Å². The summed E-state index contributed by atoms with van der Waals surface area (Å²) in [5.74, 6) is 0. The molecule has 0 spiro atoms. The molecule has 1 N–H and O–H groups in total. The summed E-state index contributed by atoms with van der Waals surface area (Å²) in [5, 5.41) is 19.6. The topological polar surface area (TPSA) is 59.6 Å². The van der Waals surface area contributed by atoms with E-state index in [0.717, 1.165) is 0 Å². The molecule has 12 heavy (non-hydrogen) atoms. The van der Waals surface area contributed by atoms with Crippen molar-refractivity contribution in [2.45, 2.75) is 0 Å². The minimum absolute atomic E-state index is 0.426. The quantitative estimate of drug-likeness (QED) is 0.528. The number of nitrogens with one attached hydrogen (secondary N) is 1. The highest BCUT2D eigenvalue weighted by atomic mass is 35.5. The summed E-state index contributed by atoms with van der Waals surface area (Å²) >= 11 is 5.71. The van der Waals surface area contributed by atoms with Crippen LogP contribution in [-0.2, 0) is 0 Å². The average Bonchev–Trinajstić information content (AvgIpc) is 2.09. The second-order valence-corrected chi connectivity index (χ2v) is 2.45. The number of hydrogen-bond acceptors (Lipinski definition) is 3. The molecular weight excluding hydrogens is 174 g/mol. The molecule has 1 aromatic carbocycles. The number of nitriles is 2. The van der Waals surface area contributed by atoms with Crippen molar-refractivity contribution in [3.05, 3.63) is 28.8 Å². The maximum Gasteiger partial charge on any atom is 0.181 e. The van der Waals surface area contributed by atoms with E-state index in [1.807, 2.05) is 6.07 Å². The lowest BCUT2D eigenvalue weighted by Gasteiger charge is -1.99. The van der Waals surface area contributed by atoms with Gasteiger partial charge in [0.15, 0.2) is 6.19 Å². The third kappa shape index (κ3) is 1.66. The second kappa shape index (κ2) is 3.61. The molecule has 0 aliphatic rings. The molecule has 0 aliphatic heterocycles. The van der Waals surface area contributed by atoms with Gasteiger partial charge in [0, 0.05) is 0 Å². The largest absolute Gasteiger partial charge is 0.291 e. The summed E-state index contributed by atoms with van der Waals surface area (Å²) in [6.07, 6.45) is 1.73. The summed E-state index contributed by atoms with van der Waals surface area (Å²) < 4.78 is 0. The molecule has 0 aliphatic carbocycles. The molecule has 0 atom stereocenters. The number of halogens is 1. The van der Waals surface area contributed by atoms with Gasteiger partial charge < -0.3 is 0 Å². The van der Waals surface area contributed by atoms with Gasteiger partial charge in [0.2, 0.25) is 0 Å². The molecule has 1 aromatic rings. The van der Waals surface area contributed by atoms with E-state index >= 15 is 0 Å². The van der Waals surface area contributed by atoms with Gasteiger partial charge in [-0.25, -0.2) is 0 Å². The Hall–Kier alpha value is -1.71. The van der Waals surface area contributed by atoms with Crippen LogP contribution in [0, 0.1) is 22.8 Å². The second-order valence-electron chi connectivity index (χ2n) is 2.04. The number of benzene rings is 1. The van der Waals surface area contributed by atoms with Crippen LogP contribution in [-0.4, -0.2) is 0 Å². The highest BCUT2D eigenvalue weighted by Crippen LogP contribution is 2.21. The zero-order valence-electron chi connectivity index (χ0n) is 6.00. The first kappa shape index (κ1) is 8.39. The van der Waals surface area contributed by atoms with Gasteiger partial charge in [0.1, 0.15) is 0 Å². The van der Waals surface area contributed by atoms with Crippen LogP contribution in [0.25, 0.3) is 0 Å². The normalized spacial score (nSPS) is 8.25. The van der Waals surface area contributed by atoms with Crippen molar-refractivity contribution in [2.24, 2.45) is 0 Å². The lowest BCUT2D eigenvalue weighted by Crippen LogP contribution is -1.88. The fourth-order valence-electron chi connectivity index (χ4n) is 0.751. The molecule has 0 aromatic heterocycles. The number of nitrogens with zero attached hydrogens (tertiary/aromatic N) is 2. The monoisotopic (exact) mass is 177 g/mol. The first-order valence-corrected chi connectivity index (χ1v) is 3.50. The third-order valence-electron chi connectivity index (χ3n) is 1.29. The molecule has 0 heterocycles. The van der Waals surface area contributed by atoms with Crippen LogP contribution in [0.3, 0.4) is 0 Å². The first-order chi connectivity index (χ1) is 5.77. The molecule has 4 heteroatoms. The van der Waals surface area contributed by atoms with Crippen molar-refractivity contribution in [1.82, 2.24) is 0 Å². The predicted octanol–water partition coefficient (Wildman–Crippen LogP) is 2.10. The van der Waals surface area contributed by atoms with E-state index in [1.54, 1.807) is 18.3 Å². The molecule has 0 radical (unpaired) electrons. The SMILES string of the molecule is N#CNc1cc(C#N)ccc1Cl. The Morgan fingerprint density at radius 1 is 1.33 bits per heavy atom. The Balaban J connectivity index is 3.12. The van der Waals surface area contributed by atoms with Gasteiger partial charge in [-0.2, -0.15) is 10.5 Å². The maximum absolute atomic E-state index is 8.52. The zero-order chi connectivity index (χ0) is 8.97. The highest BCUT2D eigenvalue weighted by molar-refractivity contribution is 6.33. The number of anilines is 1. The van der Waals surface area contributed by atoms with E-state index < -0.39 is 0 Å². The summed E-state index contributed by atoms with van der Waals surface area (Å²) in [6.45, 7) is 0. The third-order valence-corrected chi connectivity index (χ3v) is 1.62. The Labute approximate surface area is 74.8 Å². The lowest BCUT2D eigenvalue weighted by molar-refractivity contribution is 1.45. The summed E-state index contributed by atoms with van der Waals surface area (Å²) in [4.78, 5) is 0. The Morgan fingerprint density at radius 3 is 2.67 bits per heavy atom. The van der Waals surface area contributed by atoms with Gasteiger partial charge in [0.05, 0.1) is 22.3 Å². The van der Waals surface area contributed by atoms with Crippen LogP contribution >= 0.6 is 11.6 Å². The van der Waals surface area contributed by atoms with Crippen LogP contribution < -0.4 is 5.32 Å². The van der Waals surface area contributed by atoms with Crippen LogP contribution in [0.5, 0.6) is 0 Å². The lowest BCUT2D eigenvalue weighted by atomic mass is 10.2. The summed E-state index contributed by atoms with van der Waals surface area (Å²) in [7, 11) is 0. The van der Waals surface area contributed by atoms with E-state index in [-0.39, 0.29) is 0 Å². The van der Waals surface area contributed by atoms with Crippen molar-refractivity contribution in [1.29, 1.82) is 10.5 Å². The van der Waals surface area contributed by atoms with Crippen molar-refractivity contribution >= 4 is 17.3 Å². The van der Waals surface area contributed by atoms with Gasteiger partial charge >= 0.3 is 0 Å². The standard InChI is InChI=1S/C8H4ClN3/c9-7-2-1-6(4-10)3-8(7)12-5-11/h1-3,12H. The maximum atomic E-state index is 8.52. The van der Waals surface area contributed by atoms with Crippen molar-refractivity contribution in [2.75, 3.05) is 5.32 Å². The van der Waals surface area contributed by atoms with Gasteiger partial charge in [0.25, 0.3) is 0 Å². The van der Waals surface area contributed by atoms with Crippen molar-refractivity contribution in [3.8, 4) is 12.3 Å². The first-order valence-electron chi connectivity index (χ1n) is 3.12. The van der Waals surface area contributed by atoms with Crippen LogP contribution in [0.15, 0.2) is 18.2 Å². The smallest absolute Gasteiger partial charge is 0.181 e. The summed E-state index contributed by atoms with van der Waals surface area (Å²) in [5.41, 5.74) is 0.926. The van der Waals surface area contributed by atoms with E-state index in [0.29, 0.717) is 16.3 Å². The Bertz CT molecular complexity index is 373. The zero-order valence-corrected chi connectivity index (χ0v) is 6.76. The molecule has 58 valence electrons. The minimum atomic E-state index is 0.426. The minimum Gasteiger partial charge on any atom is -0.291 e. The predicted molar refractivity (Wildman–Crippen MR) is 45.4 cm³/mol. The Morgan fingerprint density at radius 2 is 2.08 bits per heavy atom. The molecule has 0 bridgehead atoms. The van der Waals surface area contributed by atoms with Gasteiger partial charge in [-0.05, 0) is 18.2 Å². The molecule has 0 saturated carbocycles. The van der Waals surface area contributed by atoms with Crippen LogP contribution in [0.1, 0.15) is 5.56 Å². The summed E-state index contributed by atoms with van der Waals surface area (Å²) in [6, 6.07) is 6.62. The average molecular weight is 178 g/mol. The van der Waals surface area contributed by atoms with E-state index in [9.17, 15) is 0 Å². The van der Waals surface area contributed by atoms with Crippen molar-refractivity contribution < 1.29 is 0 Å². The number of hydrogen-bond donors (Lipinski definition) is 1. The van der Waals surface area contributed by atoms with Gasteiger partial charge in [-0.3, -0.25) is 5.32 Å². The van der Waals surface area contributed by atoms with E-state index in [1.165, 1.54) is 6.07 Å².